The highest BCUT2D eigenvalue weighted by molar-refractivity contribution is 6.00. The lowest BCUT2D eigenvalue weighted by Gasteiger charge is -2.27. The van der Waals surface area contributed by atoms with E-state index in [9.17, 15) is 4.79 Å². The lowest BCUT2D eigenvalue weighted by Crippen LogP contribution is -2.27. The molecule has 0 unspecified atom stereocenters. The molecule has 1 amide bonds. The molecule has 0 saturated heterocycles. The third-order valence-electron chi connectivity index (χ3n) is 3.24. The molecule has 2 nitrogen and oxygen atoms in total. The van der Waals surface area contributed by atoms with Crippen molar-refractivity contribution in [1.82, 2.24) is 0 Å². The molecule has 2 aromatic rings. The average Bonchev–Trinajstić information content (AvgIpc) is 2.37. The summed E-state index contributed by atoms with van der Waals surface area (Å²) in [5.41, 5.74) is 2.40. The second-order valence-electron chi connectivity index (χ2n) is 4.20. The Morgan fingerprint density at radius 1 is 1.12 bits per heavy atom. The molecule has 0 saturated carbocycles. The van der Waals surface area contributed by atoms with Crippen molar-refractivity contribution in [1.29, 1.82) is 0 Å². The molecule has 0 bridgehead atoms. The number of carbonyl (C=O) groups excluding carboxylic acids is 1. The largest absolute Gasteiger partial charge is 0.314 e. The summed E-state index contributed by atoms with van der Waals surface area (Å²) in [6.07, 6.45) is 3.08. The van der Waals surface area contributed by atoms with Gasteiger partial charge in [0.05, 0.1) is 5.69 Å². The quantitative estimate of drug-likeness (QED) is 0.664. The molecule has 1 heterocycles. The van der Waals surface area contributed by atoms with Crippen molar-refractivity contribution in [3.8, 4) is 0 Å². The Bertz CT molecular complexity index is 547. The Morgan fingerprint density at radius 3 is 2.88 bits per heavy atom. The van der Waals surface area contributed by atoms with Gasteiger partial charge in [0.2, 0.25) is 6.41 Å². The van der Waals surface area contributed by atoms with E-state index >= 15 is 0 Å². The zero-order valence-electron chi connectivity index (χ0n) is 9.02. The van der Waals surface area contributed by atoms with E-state index in [1.54, 1.807) is 0 Å². The maximum Gasteiger partial charge on any atom is 0.214 e. The van der Waals surface area contributed by atoms with Gasteiger partial charge in [-0.05, 0) is 23.8 Å². The first-order valence-corrected chi connectivity index (χ1v) is 5.63. The number of amides is 1. The zero-order valence-corrected chi connectivity index (χ0v) is 9.02. The van der Waals surface area contributed by atoms with Gasteiger partial charge in [-0.25, -0.2) is 0 Å². The predicted octanol–water partition coefficient (Wildman–Crippen LogP) is 2.75. The van der Waals surface area contributed by atoms with E-state index in [0.717, 1.165) is 31.5 Å². The summed E-state index contributed by atoms with van der Waals surface area (Å²) in [6, 6.07) is 12.5. The standard InChI is InChI=1S/C14H13NO/c16-10-15-9-3-5-12-8-7-11-4-1-2-6-13(11)14(12)15/h1-2,4,6-8,10H,3,5,9H2. The predicted molar refractivity (Wildman–Crippen MR) is 65.7 cm³/mol. The number of hydrogen-bond donors (Lipinski definition) is 0. The Morgan fingerprint density at radius 2 is 2.00 bits per heavy atom. The molecule has 2 heteroatoms. The van der Waals surface area contributed by atoms with Gasteiger partial charge in [0.15, 0.2) is 0 Å². The van der Waals surface area contributed by atoms with Gasteiger partial charge in [-0.2, -0.15) is 0 Å². The van der Waals surface area contributed by atoms with Gasteiger partial charge in [-0.3, -0.25) is 4.79 Å². The third-order valence-corrected chi connectivity index (χ3v) is 3.24. The van der Waals surface area contributed by atoms with Crippen LogP contribution in [0.1, 0.15) is 12.0 Å². The number of anilines is 1. The third kappa shape index (κ3) is 1.30. The first-order chi connectivity index (χ1) is 7.90. The molecule has 0 aromatic heterocycles. The van der Waals surface area contributed by atoms with Crippen LogP contribution >= 0.6 is 0 Å². The molecule has 80 valence electrons. The van der Waals surface area contributed by atoms with Crippen LogP contribution in [-0.2, 0) is 11.2 Å². The molecule has 1 aliphatic heterocycles. The molecular formula is C14H13NO. The van der Waals surface area contributed by atoms with E-state index < -0.39 is 0 Å². The second-order valence-corrected chi connectivity index (χ2v) is 4.20. The van der Waals surface area contributed by atoms with Crippen molar-refractivity contribution in [3.05, 3.63) is 42.0 Å². The zero-order chi connectivity index (χ0) is 11.0. The van der Waals surface area contributed by atoms with Crippen LogP contribution < -0.4 is 4.90 Å². The lowest BCUT2D eigenvalue weighted by molar-refractivity contribution is -0.107. The van der Waals surface area contributed by atoms with E-state index in [4.69, 9.17) is 0 Å². The summed E-state index contributed by atoms with van der Waals surface area (Å²) in [7, 11) is 0. The van der Waals surface area contributed by atoms with Crippen LogP contribution in [0.25, 0.3) is 10.8 Å². The van der Waals surface area contributed by atoms with Crippen molar-refractivity contribution >= 4 is 22.9 Å². The van der Waals surface area contributed by atoms with Crippen LogP contribution in [0.5, 0.6) is 0 Å². The highest BCUT2D eigenvalue weighted by Gasteiger charge is 2.18. The summed E-state index contributed by atoms with van der Waals surface area (Å²) in [5.74, 6) is 0. The number of hydrogen-bond acceptors (Lipinski definition) is 1. The maximum absolute atomic E-state index is 11.1. The molecule has 16 heavy (non-hydrogen) atoms. The molecule has 0 fully saturated rings. The van der Waals surface area contributed by atoms with Crippen molar-refractivity contribution in [3.63, 3.8) is 0 Å². The summed E-state index contributed by atoms with van der Waals surface area (Å²) < 4.78 is 0. The van der Waals surface area contributed by atoms with Gasteiger partial charge in [0.1, 0.15) is 0 Å². The molecule has 0 aliphatic carbocycles. The normalized spacial score (nSPS) is 14.9. The van der Waals surface area contributed by atoms with Crippen molar-refractivity contribution in [2.24, 2.45) is 0 Å². The van der Waals surface area contributed by atoms with Gasteiger partial charge in [0, 0.05) is 11.9 Å². The number of rotatable bonds is 1. The summed E-state index contributed by atoms with van der Waals surface area (Å²) in [6.45, 7) is 0.838. The fraction of sp³-hybridized carbons (Fsp3) is 0.214. The highest BCUT2D eigenvalue weighted by Crippen LogP contribution is 2.33. The molecule has 3 rings (SSSR count). The van der Waals surface area contributed by atoms with E-state index in [1.165, 1.54) is 16.3 Å². The van der Waals surface area contributed by atoms with Gasteiger partial charge in [-0.15, -0.1) is 0 Å². The molecule has 0 radical (unpaired) electrons. The smallest absolute Gasteiger partial charge is 0.214 e. The fourth-order valence-electron chi connectivity index (χ4n) is 2.50. The van der Waals surface area contributed by atoms with Crippen molar-refractivity contribution < 1.29 is 4.79 Å². The van der Waals surface area contributed by atoms with Gasteiger partial charge in [0.25, 0.3) is 0 Å². The SMILES string of the molecule is O=CN1CCCc2ccc3ccccc3c21. The Balaban J connectivity index is 2.34. The number of aryl methyl sites for hydroxylation is 1. The summed E-state index contributed by atoms with van der Waals surface area (Å²) in [5, 5.41) is 2.39. The first kappa shape index (κ1) is 9.40. The molecule has 1 aliphatic rings. The molecule has 0 N–H and O–H groups in total. The number of carbonyl (C=O) groups is 1. The van der Waals surface area contributed by atoms with Gasteiger partial charge < -0.3 is 4.90 Å². The maximum atomic E-state index is 11.1. The van der Waals surface area contributed by atoms with E-state index in [-0.39, 0.29) is 0 Å². The highest BCUT2D eigenvalue weighted by atomic mass is 16.1. The summed E-state index contributed by atoms with van der Waals surface area (Å²) in [4.78, 5) is 12.9. The topological polar surface area (TPSA) is 20.3 Å². The minimum absolute atomic E-state index is 0.838. The minimum atomic E-state index is 0.838. The average molecular weight is 211 g/mol. The fourth-order valence-corrected chi connectivity index (χ4v) is 2.50. The number of fused-ring (bicyclic) bond motifs is 3. The molecular weight excluding hydrogens is 198 g/mol. The van der Waals surface area contributed by atoms with Crippen molar-refractivity contribution in [2.45, 2.75) is 12.8 Å². The first-order valence-electron chi connectivity index (χ1n) is 5.63. The molecule has 0 spiro atoms. The number of nitrogens with zero attached hydrogens (tertiary/aromatic N) is 1. The Labute approximate surface area is 94.5 Å². The van der Waals surface area contributed by atoms with Gasteiger partial charge >= 0.3 is 0 Å². The Kier molecular flexibility index (Phi) is 2.13. The molecule has 0 atom stereocenters. The lowest BCUT2D eigenvalue weighted by atomic mass is 9.97. The van der Waals surface area contributed by atoms with Crippen molar-refractivity contribution in [2.75, 3.05) is 11.4 Å². The second kappa shape index (κ2) is 3.63. The van der Waals surface area contributed by atoms with Crippen LogP contribution in [0.15, 0.2) is 36.4 Å². The van der Waals surface area contributed by atoms with E-state index in [0.29, 0.717) is 0 Å². The van der Waals surface area contributed by atoms with E-state index in [1.807, 2.05) is 17.0 Å². The van der Waals surface area contributed by atoms with Crippen LogP contribution in [0, 0.1) is 0 Å². The Hall–Kier alpha value is -1.83. The van der Waals surface area contributed by atoms with E-state index in [2.05, 4.69) is 24.3 Å². The number of benzene rings is 2. The van der Waals surface area contributed by atoms with Crippen LogP contribution in [0.3, 0.4) is 0 Å². The van der Waals surface area contributed by atoms with Crippen LogP contribution in [0.2, 0.25) is 0 Å². The molecule has 2 aromatic carbocycles. The minimum Gasteiger partial charge on any atom is -0.314 e. The summed E-state index contributed by atoms with van der Waals surface area (Å²) >= 11 is 0. The van der Waals surface area contributed by atoms with Crippen LogP contribution in [0.4, 0.5) is 5.69 Å². The monoisotopic (exact) mass is 211 g/mol. The van der Waals surface area contributed by atoms with Gasteiger partial charge in [-0.1, -0.05) is 36.4 Å². The van der Waals surface area contributed by atoms with Crippen LogP contribution in [-0.4, -0.2) is 13.0 Å².